The number of piperidine rings is 1. The Morgan fingerprint density at radius 3 is 2.73 bits per heavy atom. The maximum atomic E-state index is 12.4. The average Bonchev–Trinajstić information content (AvgIpc) is 2.56. The van der Waals surface area contributed by atoms with Gasteiger partial charge >= 0.3 is 0 Å². The third-order valence-corrected chi connectivity index (χ3v) is 3.84. The summed E-state index contributed by atoms with van der Waals surface area (Å²) in [4.78, 5) is 14.3. The first-order valence-electron chi connectivity index (χ1n) is 7.41. The average molecular weight is 297 g/mol. The number of amides is 1. The van der Waals surface area contributed by atoms with Crippen LogP contribution in [0, 0.1) is 0 Å². The fourth-order valence-electron chi connectivity index (χ4n) is 2.67. The highest BCUT2D eigenvalue weighted by Crippen LogP contribution is 2.17. The summed E-state index contributed by atoms with van der Waals surface area (Å²) in [7, 11) is 0. The molecule has 0 aliphatic carbocycles. The van der Waals surface area contributed by atoms with Gasteiger partial charge in [0.2, 0.25) is 0 Å². The van der Waals surface area contributed by atoms with Crippen molar-refractivity contribution in [3.63, 3.8) is 0 Å². The number of anilines is 2. The summed E-state index contributed by atoms with van der Waals surface area (Å²) in [5, 5.41) is 11.2. The van der Waals surface area contributed by atoms with E-state index >= 15 is 0 Å². The number of hydrogen-bond acceptors (Lipinski definition) is 5. The summed E-state index contributed by atoms with van der Waals surface area (Å²) < 4.78 is 0. The molecule has 22 heavy (non-hydrogen) atoms. The largest absolute Gasteiger partial charge is 0.399 e. The Hall–Kier alpha value is -2.63. The molecule has 1 fully saturated rings. The number of carbonyl (C=O) groups excluding carboxylic acids is 1. The lowest BCUT2D eigenvalue weighted by Gasteiger charge is -2.32. The van der Waals surface area contributed by atoms with Crippen LogP contribution in [0.1, 0.15) is 23.2 Å². The van der Waals surface area contributed by atoms with Crippen LogP contribution in [0.3, 0.4) is 0 Å². The van der Waals surface area contributed by atoms with Crippen molar-refractivity contribution in [2.75, 3.05) is 24.1 Å². The van der Waals surface area contributed by atoms with Crippen molar-refractivity contribution in [1.29, 1.82) is 0 Å². The van der Waals surface area contributed by atoms with Gasteiger partial charge in [-0.05, 0) is 43.2 Å². The van der Waals surface area contributed by atoms with Crippen LogP contribution < -0.4 is 11.1 Å². The van der Waals surface area contributed by atoms with Crippen molar-refractivity contribution in [2.45, 2.75) is 18.9 Å². The molecule has 0 unspecified atom stereocenters. The quantitative estimate of drug-likeness (QED) is 0.844. The van der Waals surface area contributed by atoms with Crippen LogP contribution in [0.5, 0.6) is 0 Å². The van der Waals surface area contributed by atoms with Crippen LogP contribution in [-0.4, -0.2) is 40.1 Å². The lowest BCUT2D eigenvalue weighted by molar-refractivity contribution is 0.0718. The molecule has 0 bridgehead atoms. The molecule has 1 amide bonds. The van der Waals surface area contributed by atoms with Crippen molar-refractivity contribution in [1.82, 2.24) is 15.1 Å². The zero-order valence-corrected chi connectivity index (χ0v) is 12.3. The third kappa shape index (κ3) is 3.33. The Labute approximate surface area is 129 Å². The van der Waals surface area contributed by atoms with Gasteiger partial charge < -0.3 is 16.0 Å². The number of carbonyl (C=O) groups is 1. The van der Waals surface area contributed by atoms with E-state index in [4.69, 9.17) is 5.73 Å². The van der Waals surface area contributed by atoms with Gasteiger partial charge in [-0.25, -0.2) is 0 Å². The molecule has 1 aliphatic rings. The first-order chi connectivity index (χ1) is 10.7. The molecule has 6 nitrogen and oxygen atoms in total. The molecule has 0 atom stereocenters. The van der Waals surface area contributed by atoms with E-state index < -0.39 is 0 Å². The molecule has 1 saturated heterocycles. The molecule has 3 rings (SSSR count). The maximum Gasteiger partial charge on any atom is 0.253 e. The normalized spacial score (nSPS) is 15.5. The number of aromatic nitrogens is 2. The van der Waals surface area contributed by atoms with Crippen molar-refractivity contribution in [3.8, 4) is 0 Å². The van der Waals surface area contributed by atoms with Gasteiger partial charge in [0, 0.05) is 36.6 Å². The molecular formula is C16H19N5O. The zero-order valence-electron chi connectivity index (χ0n) is 12.3. The molecule has 1 aliphatic heterocycles. The van der Waals surface area contributed by atoms with E-state index in [1.165, 1.54) is 0 Å². The van der Waals surface area contributed by atoms with Crippen LogP contribution in [-0.2, 0) is 0 Å². The number of likely N-dealkylation sites (tertiary alicyclic amines) is 1. The Kier molecular flexibility index (Phi) is 4.18. The van der Waals surface area contributed by atoms with Gasteiger partial charge in [0.15, 0.2) is 0 Å². The second-order valence-corrected chi connectivity index (χ2v) is 5.45. The highest BCUT2D eigenvalue weighted by Gasteiger charge is 2.23. The molecule has 6 heteroatoms. The predicted molar refractivity (Wildman–Crippen MR) is 85.4 cm³/mol. The smallest absolute Gasteiger partial charge is 0.253 e. The Balaban J connectivity index is 1.56. The lowest BCUT2D eigenvalue weighted by Crippen LogP contribution is -2.42. The van der Waals surface area contributed by atoms with Crippen LogP contribution in [0.25, 0.3) is 0 Å². The fourth-order valence-corrected chi connectivity index (χ4v) is 2.67. The minimum Gasteiger partial charge on any atom is -0.399 e. The summed E-state index contributed by atoms with van der Waals surface area (Å²) >= 11 is 0. The highest BCUT2D eigenvalue weighted by molar-refractivity contribution is 5.95. The van der Waals surface area contributed by atoms with Crippen LogP contribution in [0.15, 0.2) is 42.6 Å². The Morgan fingerprint density at radius 2 is 2.05 bits per heavy atom. The van der Waals surface area contributed by atoms with E-state index in [1.807, 2.05) is 29.2 Å². The van der Waals surface area contributed by atoms with Gasteiger partial charge in [-0.15, -0.1) is 5.10 Å². The van der Waals surface area contributed by atoms with Crippen molar-refractivity contribution in [3.05, 3.63) is 48.2 Å². The van der Waals surface area contributed by atoms with E-state index in [0.29, 0.717) is 17.3 Å². The molecule has 3 N–H and O–H groups in total. The van der Waals surface area contributed by atoms with Gasteiger partial charge in [-0.1, -0.05) is 6.07 Å². The number of rotatable bonds is 3. The van der Waals surface area contributed by atoms with E-state index in [2.05, 4.69) is 15.5 Å². The molecule has 0 saturated carbocycles. The second kappa shape index (κ2) is 6.43. The molecule has 114 valence electrons. The topological polar surface area (TPSA) is 84.1 Å². The molecular weight excluding hydrogens is 278 g/mol. The van der Waals surface area contributed by atoms with Crippen LogP contribution in [0.2, 0.25) is 0 Å². The van der Waals surface area contributed by atoms with E-state index in [1.54, 1.807) is 18.3 Å². The van der Waals surface area contributed by atoms with Crippen LogP contribution in [0.4, 0.5) is 11.5 Å². The van der Waals surface area contributed by atoms with Gasteiger partial charge in [-0.2, -0.15) is 5.10 Å². The molecule has 0 spiro atoms. The summed E-state index contributed by atoms with van der Waals surface area (Å²) in [5.41, 5.74) is 7.01. The summed E-state index contributed by atoms with van der Waals surface area (Å²) in [6, 6.07) is 11.2. The molecule has 1 aromatic heterocycles. The molecule has 2 aromatic rings. The third-order valence-electron chi connectivity index (χ3n) is 3.84. The molecule has 0 radical (unpaired) electrons. The number of benzene rings is 1. The Morgan fingerprint density at radius 1 is 1.23 bits per heavy atom. The number of hydrogen-bond donors (Lipinski definition) is 2. The van der Waals surface area contributed by atoms with E-state index in [-0.39, 0.29) is 5.91 Å². The highest BCUT2D eigenvalue weighted by atomic mass is 16.2. The van der Waals surface area contributed by atoms with Gasteiger partial charge in [0.05, 0.1) is 0 Å². The summed E-state index contributed by atoms with van der Waals surface area (Å²) in [5.74, 6) is 0.827. The lowest BCUT2D eigenvalue weighted by atomic mass is 10.0. The van der Waals surface area contributed by atoms with Crippen molar-refractivity contribution in [2.24, 2.45) is 0 Å². The molecule has 1 aromatic carbocycles. The van der Waals surface area contributed by atoms with E-state index in [0.717, 1.165) is 31.7 Å². The number of nitrogen functional groups attached to an aromatic ring is 1. The zero-order chi connectivity index (χ0) is 15.4. The van der Waals surface area contributed by atoms with E-state index in [9.17, 15) is 4.79 Å². The minimum absolute atomic E-state index is 0.0465. The monoisotopic (exact) mass is 297 g/mol. The summed E-state index contributed by atoms with van der Waals surface area (Å²) in [6.07, 6.45) is 3.44. The first kappa shape index (κ1) is 14.3. The fraction of sp³-hybridized carbons (Fsp3) is 0.312. The SMILES string of the molecule is Nc1cccc(C(=O)N2CCC(Nc3cccnn3)CC2)c1. The van der Waals surface area contributed by atoms with Gasteiger partial charge in [0.1, 0.15) is 5.82 Å². The van der Waals surface area contributed by atoms with Crippen LogP contribution >= 0.6 is 0 Å². The van der Waals surface area contributed by atoms with Gasteiger partial charge in [-0.3, -0.25) is 4.79 Å². The van der Waals surface area contributed by atoms with Crippen molar-refractivity contribution < 1.29 is 4.79 Å². The summed E-state index contributed by atoms with van der Waals surface area (Å²) in [6.45, 7) is 1.46. The Bertz CT molecular complexity index is 638. The van der Waals surface area contributed by atoms with Gasteiger partial charge in [0.25, 0.3) is 5.91 Å². The number of nitrogens with one attached hydrogen (secondary N) is 1. The van der Waals surface area contributed by atoms with Crippen molar-refractivity contribution >= 4 is 17.4 Å². The standard InChI is InChI=1S/C16H19N5O/c17-13-4-1-3-12(11-13)16(22)21-9-6-14(7-10-21)19-15-5-2-8-18-20-15/h1-5,8,11,14H,6-7,9-10,17H2,(H,19,20). The number of nitrogens with two attached hydrogens (primary N) is 1. The molecule has 2 heterocycles. The number of nitrogens with zero attached hydrogens (tertiary/aromatic N) is 3. The predicted octanol–water partition coefficient (Wildman–Crippen LogP) is 1.78. The second-order valence-electron chi connectivity index (χ2n) is 5.45. The maximum absolute atomic E-state index is 12.4. The first-order valence-corrected chi connectivity index (χ1v) is 7.41. The minimum atomic E-state index is 0.0465.